The Hall–Kier alpha value is -0.800. The average molecular weight is 232 g/mol. The van der Waals surface area contributed by atoms with E-state index in [1.165, 1.54) is 7.11 Å². The van der Waals surface area contributed by atoms with Crippen molar-refractivity contribution in [3.63, 3.8) is 0 Å². The SMILES string of the molecule is COc1c(C(C)CCN)ccc(Cl)c1F. The summed E-state index contributed by atoms with van der Waals surface area (Å²) in [6.45, 7) is 2.55. The molecule has 0 radical (unpaired) electrons. The molecule has 1 aromatic rings. The molecular weight excluding hydrogens is 217 g/mol. The van der Waals surface area contributed by atoms with Gasteiger partial charge in [-0.2, -0.15) is 0 Å². The van der Waals surface area contributed by atoms with Crippen molar-refractivity contribution in [2.75, 3.05) is 13.7 Å². The van der Waals surface area contributed by atoms with E-state index in [0.29, 0.717) is 6.54 Å². The molecule has 1 aromatic carbocycles. The Kier molecular flexibility index (Phi) is 4.36. The zero-order valence-corrected chi connectivity index (χ0v) is 9.64. The van der Waals surface area contributed by atoms with E-state index < -0.39 is 5.82 Å². The van der Waals surface area contributed by atoms with Gasteiger partial charge in [-0.15, -0.1) is 0 Å². The molecule has 0 aliphatic heterocycles. The molecule has 84 valence electrons. The first kappa shape index (κ1) is 12.3. The number of benzene rings is 1. The zero-order chi connectivity index (χ0) is 11.4. The van der Waals surface area contributed by atoms with Gasteiger partial charge in [-0.25, -0.2) is 4.39 Å². The molecule has 0 aromatic heterocycles. The van der Waals surface area contributed by atoms with Crippen LogP contribution in [0.25, 0.3) is 0 Å². The Labute approximate surface area is 94.2 Å². The standard InChI is InChI=1S/C11H15ClFNO/c1-7(5-6-14)8-3-4-9(12)10(13)11(8)15-2/h3-4,7H,5-6,14H2,1-2H3. The van der Waals surface area contributed by atoms with Gasteiger partial charge in [0.2, 0.25) is 0 Å². The first-order valence-electron chi connectivity index (χ1n) is 4.83. The number of ether oxygens (including phenoxy) is 1. The van der Waals surface area contributed by atoms with Crippen molar-refractivity contribution < 1.29 is 9.13 Å². The van der Waals surface area contributed by atoms with Crippen molar-refractivity contribution in [2.45, 2.75) is 19.3 Å². The van der Waals surface area contributed by atoms with Crippen LogP contribution in [0, 0.1) is 5.82 Å². The number of methoxy groups -OCH3 is 1. The predicted octanol–water partition coefficient (Wildman–Crippen LogP) is 2.94. The van der Waals surface area contributed by atoms with Crippen molar-refractivity contribution in [1.82, 2.24) is 0 Å². The van der Waals surface area contributed by atoms with Crippen LogP contribution < -0.4 is 10.5 Å². The van der Waals surface area contributed by atoms with E-state index in [2.05, 4.69) is 0 Å². The molecule has 2 N–H and O–H groups in total. The molecule has 0 amide bonds. The lowest BCUT2D eigenvalue weighted by Gasteiger charge is -2.15. The van der Waals surface area contributed by atoms with Crippen molar-refractivity contribution in [3.05, 3.63) is 28.5 Å². The van der Waals surface area contributed by atoms with Gasteiger partial charge in [-0.05, 0) is 24.9 Å². The highest BCUT2D eigenvalue weighted by atomic mass is 35.5. The minimum absolute atomic E-state index is 0.0792. The summed E-state index contributed by atoms with van der Waals surface area (Å²) in [4.78, 5) is 0. The molecule has 1 rings (SSSR count). The minimum Gasteiger partial charge on any atom is -0.493 e. The molecule has 0 bridgehead atoms. The van der Waals surface area contributed by atoms with Crippen LogP contribution in [0.4, 0.5) is 4.39 Å². The Balaban J connectivity index is 3.12. The van der Waals surface area contributed by atoms with Gasteiger partial charge in [-0.1, -0.05) is 24.6 Å². The van der Waals surface area contributed by atoms with Crippen molar-refractivity contribution >= 4 is 11.6 Å². The molecule has 4 heteroatoms. The Morgan fingerprint density at radius 2 is 2.20 bits per heavy atom. The number of nitrogens with two attached hydrogens (primary N) is 1. The van der Waals surface area contributed by atoms with E-state index in [9.17, 15) is 4.39 Å². The highest BCUT2D eigenvalue weighted by Gasteiger charge is 2.16. The molecule has 0 aliphatic rings. The second kappa shape index (κ2) is 5.33. The molecule has 0 heterocycles. The number of rotatable bonds is 4. The number of hydrogen-bond acceptors (Lipinski definition) is 2. The van der Waals surface area contributed by atoms with Crippen LogP contribution >= 0.6 is 11.6 Å². The summed E-state index contributed by atoms with van der Waals surface area (Å²) in [6, 6.07) is 3.33. The van der Waals surface area contributed by atoms with Gasteiger partial charge >= 0.3 is 0 Å². The van der Waals surface area contributed by atoms with E-state index in [4.69, 9.17) is 22.1 Å². The topological polar surface area (TPSA) is 35.2 Å². The van der Waals surface area contributed by atoms with Crippen molar-refractivity contribution in [2.24, 2.45) is 5.73 Å². The average Bonchev–Trinajstić information content (AvgIpc) is 2.22. The largest absolute Gasteiger partial charge is 0.493 e. The van der Waals surface area contributed by atoms with Crippen LogP contribution in [0.1, 0.15) is 24.8 Å². The maximum Gasteiger partial charge on any atom is 0.183 e. The normalized spacial score (nSPS) is 12.6. The third-order valence-corrected chi connectivity index (χ3v) is 2.71. The van der Waals surface area contributed by atoms with Gasteiger partial charge in [-0.3, -0.25) is 0 Å². The Bertz CT molecular complexity index is 344. The highest BCUT2D eigenvalue weighted by molar-refractivity contribution is 6.30. The maximum atomic E-state index is 13.6. The summed E-state index contributed by atoms with van der Waals surface area (Å²) in [5.74, 6) is -0.110. The fourth-order valence-electron chi connectivity index (χ4n) is 1.55. The van der Waals surface area contributed by atoms with Crippen LogP contribution in [0.5, 0.6) is 5.75 Å². The molecule has 15 heavy (non-hydrogen) atoms. The van der Waals surface area contributed by atoms with Crippen LogP contribution in [-0.2, 0) is 0 Å². The molecule has 1 unspecified atom stereocenters. The van der Waals surface area contributed by atoms with E-state index in [-0.39, 0.29) is 16.7 Å². The summed E-state index contributed by atoms with van der Waals surface area (Å²) in [5, 5.41) is 0.0792. The maximum absolute atomic E-state index is 13.6. The first-order chi connectivity index (χ1) is 7.11. The third kappa shape index (κ3) is 2.61. The van der Waals surface area contributed by atoms with Gasteiger partial charge in [0.25, 0.3) is 0 Å². The molecule has 1 atom stereocenters. The van der Waals surface area contributed by atoms with Gasteiger partial charge in [0.05, 0.1) is 12.1 Å². The summed E-state index contributed by atoms with van der Waals surface area (Å²) in [5.41, 5.74) is 6.28. The smallest absolute Gasteiger partial charge is 0.183 e. The lowest BCUT2D eigenvalue weighted by molar-refractivity contribution is 0.378. The van der Waals surface area contributed by atoms with Crippen LogP contribution in [0.15, 0.2) is 12.1 Å². The molecule has 0 spiro atoms. The second-order valence-electron chi connectivity index (χ2n) is 3.46. The Morgan fingerprint density at radius 1 is 1.53 bits per heavy atom. The quantitative estimate of drug-likeness (QED) is 0.865. The molecule has 0 saturated heterocycles. The van der Waals surface area contributed by atoms with Crippen LogP contribution in [0.2, 0.25) is 5.02 Å². The minimum atomic E-state index is -0.500. The van der Waals surface area contributed by atoms with E-state index in [1.807, 2.05) is 6.92 Å². The van der Waals surface area contributed by atoms with Gasteiger partial charge < -0.3 is 10.5 Å². The predicted molar refractivity (Wildman–Crippen MR) is 60.0 cm³/mol. The van der Waals surface area contributed by atoms with Gasteiger partial charge in [0.1, 0.15) is 0 Å². The lowest BCUT2D eigenvalue weighted by atomic mass is 9.97. The fraction of sp³-hybridized carbons (Fsp3) is 0.455. The molecular formula is C11H15ClFNO. The van der Waals surface area contributed by atoms with Crippen molar-refractivity contribution in [1.29, 1.82) is 0 Å². The van der Waals surface area contributed by atoms with Gasteiger partial charge in [0, 0.05) is 5.56 Å². The summed E-state index contributed by atoms with van der Waals surface area (Å²) in [7, 11) is 1.44. The Morgan fingerprint density at radius 3 is 2.73 bits per heavy atom. The summed E-state index contributed by atoms with van der Waals surface area (Å²) in [6.07, 6.45) is 0.789. The summed E-state index contributed by atoms with van der Waals surface area (Å²) < 4.78 is 18.6. The molecule has 0 saturated carbocycles. The highest BCUT2D eigenvalue weighted by Crippen LogP contribution is 2.34. The van der Waals surface area contributed by atoms with Crippen LogP contribution in [-0.4, -0.2) is 13.7 Å². The number of halogens is 2. The fourth-order valence-corrected chi connectivity index (χ4v) is 1.70. The first-order valence-corrected chi connectivity index (χ1v) is 5.21. The second-order valence-corrected chi connectivity index (χ2v) is 3.87. The monoisotopic (exact) mass is 231 g/mol. The zero-order valence-electron chi connectivity index (χ0n) is 8.89. The van der Waals surface area contributed by atoms with Gasteiger partial charge in [0.15, 0.2) is 11.6 Å². The lowest BCUT2D eigenvalue weighted by Crippen LogP contribution is -2.06. The molecule has 0 aliphatic carbocycles. The van der Waals surface area contributed by atoms with Crippen LogP contribution in [0.3, 0.4) is 0 Å². The third-order valence-electron chi connectivity index (χ3n) is 2.42. The molecule has 2 nitrogen and oxygen atoms in total. The van der Waals surface area contributed by atoms with E-state index in [1.54, 1.807) is 12.1 Å². The van der Waals surface area contributed by atoms with Crippen molar-refractivity contribution in [3.8, 4) is 5.75 Å². The van der Waals surface area contributed by atoms with E-state index >= 15 is 0 Å². The van der Waals surface area contributed by atoms with E-state index in [0.717, 1.165) is 12.0 Å². The summed E-state index contributed by atoms with van der Waals surface area (Å²) >= 11 is 5.67. The molecule has 0 fully saturated rings. The number of hydrogen-bond donors (Lipinski definition) is 1.